The van der Waals surface area contributed by atoms with Crippen molar-refractivity contribution in [2.24, 2.45) is 0 Å². The summed E-state index contributed by atoms with van der Waals surface area (Å²) in [6, 6.07) is 9.11. The zero-order chi connectivity index (χ0) is 12.7. The molecule has 0 aliphatic rings. The molecular formula is C16H27N. The number of nitrogens with zero attached hydrogens (tertiary/aromatic N) is 1. The topological polar surface area (TPSA) is 3.24 Å². The molecule has 0 radical (unpaired) electrons. The zero-order valence-corrected chi connectivity index (χ0v) is 11.9. The number of hydrogen-bond acceptors (Lipinski definition) is 1. The van der Waals surface area contributed by atoms with Gasteiger partial charge in [0, 0.05) is 6.54 Å². The van der Waals surface area contributed by atoms with Gasteiger partial charge in [-0.2, -0.15) is 0 Å². The van der Waals surface area contributed by atoms with Crippen molar-refractivity contribution in [3.63, 3.8) is 0 Å². The summed E-state index contributed by atoms with van der Waals surface area (Å²) in [5.74, 6) is 0.631. The molecule has 0 saturated heterocycles. The molecule has 1 rings (SSSR count). The smallest absolute Gasteiger partial charge is 0.0233 e. The summed E-state index contributed by atoms with van der Waals surface area (Å²) in [5.41, 5.74) is 2.87. The minimum absolute atomic E-state index is 0.631. The van der Waals surface area contributed by atoms with Gasteiger partial charge >= 0.3 is 0 Å². The number of rotatable bonds is 7. The molecule has 0 N–H and O–H groups in total. The number of benzene rings is 1. The van der Waals surface area contributed by atoms with E-state index in [1.807, 2.05) is 0 Å². The standard InChI is InChI=1S/C16H27N/c1-5-7-12-17(6-2)13-15-8-10-16(11-9-15)14(3)4/h8-11,14H,5-7,12-13H2,1-4H3. The largest absolute Gasteiger partial charge is 0.299 e. The van der Waals surface area contributed by atoms with Crippen LogP contribution >= 0.6 is 0 Å². The first-order chi connectivity index (χ1) is 8.17. The highest BCUT2D eigenvalue weighted by Gasteiger charge is 2.04. The van der Waals surface area contributed by atoms with Crippen LogP contribution in [0.15, 0.2) is 24.3 Å². The van der Waals surface area contributed by atoms with Crippen molar-refractivity contribution in [1.82, 2.24) is 4.90 Å². The quantitative estimate of drug-likeness (QED) is 0.673. The maximum atomic E-state index is 2.52. The molecule has 0 unspecified atom stereocenters. The van der Waals surface area contributed by atoms with Gasteiger partial charge in [-0.3, -0.25) is 4.90 Å². The summed E-state index contributed by atoms with van der Waals surface area (Å²) in [4.78, 5) is 2.52. The van der Waals surface area contributed by atoms with Gasteiger partial charge in [-0.05, 0) is 36.6 Å². The fourth-order valence-corrected chi connectivity index (χ4v) is 2.00. The van der Waals surface area contributed by atoms with E-state index in [1.165, 1.54) is 30.5 Å². The summed E-state index contributed by atoms with van der Waals surface area (Å²) in [6.45, 7) is 12.5. The lowest BCUT2D eigenvalue weighted by molar-refractivity contribution is 0.275. The van der Waals surface area contributed by atoms with Crippen LogP contribution in [0.2, 0.25) is 0 Å². The molecule has 1 heteroatoms. The minimum atomic E-state index is 0.631. The molecule has 0 aromatic heterocycles. The molecular weight excluding hydrogens is 206 g/mol. The van der Waals surface area contributed by atoms with Crippen LogP contribution in [0.4, 0.5) is 0 Å². The fourth-order valence-electron chi connectivity index (χ4n) is 2.00. The lowest BCUT2D eigenvalue weighted by atomic mass is 10.0. The first kappa shape index (κ1) is 14.2. The molecule has 17 heavy (non-hydrogen) atoms. The monoisotopic (exact) mass is 233 g/mol. The van der Waals surface area contributed by atoms with Crippen molar-refractivity contribution >= 4 is 0 Å². The maximum Gasteiger partial charge on any atom is 0.0233 e. The van der Waals surface area contributed by atoms with E-state index in [1.54, 1.807) is 0 Å². The lowest BCUT2D eigenvalue weighted by Gasteiger charge is -2.20. The Kier molecular flexibility index (Phi) is 6.28. The molecule has 0 fully saturated rings. The Labute approximate surface area is 107 Å². The molecule has 0 saturated carbocycles. The van der Waals surface area contributed by atoms with Crippen LogP contribution in [0.25, 0.3) is 0 Å². The van der Waals surface area contributed by atoms with Gasteiger partial charge in [0.15, 0.2) is 0 Å². The molecule has 96 valence electrons. The summed E-state index contributed by atoms with van der Waals surface area (Å²) in [7, 11) is 0. The van der Waals surface area contributed by atoms with Crippen LogP contribution in [0.3, 0.4) is 0 Å². The molecule has 0 bridgehead atoms. The summed E-state index contributed by atoms with van der Waals surface area (Å²) in [6.07, 6.45) is 2.58. The second-order valence-electron chi connectivity index (χ2n) is 5.12. The zero-order valence-electron chi connectivity index (χ0n) is 11.9. The van der Waals surface area contributed by atoms with Crippen LogP contribution in [-0.4, -0.2) is 18.0 Å². The van der Waals surface area contributed by atoms with Gasteiger partial charge in [-0.1, -0.05) is 58.4 Å². The number of hydrogen-bond donors (Lipinski definition) is 0. The van der Waals surface area contributed by atoms with Gasteiger partial charge in [0.1, 0.15) is 0 Å². The minimum Gasteiger partial charge on any atom is -0.299 e. The lowest BCUT2D eigenvalue weighted by Crippen LogP contribution is -2.23. The second kappa shape index (κ2) is 7.50. The van der Waals surface area contributed by atoms with E-state index < -0.39 is 0 Å². The first-order valence-electron chi connectivity index (χ1n) is 6.98. The third-order valence-corrected chi connectivity index (χ3v) is 3.33. The Morgan fingerprint density at radius 3 is 2.18 bits per heavy atom. The Morgan fingerprint density at radius 2 is 1.71 bits per heavy atom. The molecule has 0 aliphatic heterocycles. The third-order valence-electron chi connectivity index (χ3n) is 3.33. The molecule has 0 atom stereocenters. The van der Waals surface area contributed by atoms with Gasteiger partial charge in [-0.25, -0.2) is 0 Å². The van der Waals surface area contributed by atoms with Crippen molar-refractivity contribution < 1.29 is 0 Å². The van der Waals surface area contributed by atoms with Crippen molar-refractivity contribution in [3.8, 4) is 0 Å². The predicted molar refractivity (Wildman–Crippen MR) is 76.4 cm³/mol. The average molecular weight is 233 g/mol. The highest BCUT2D eigenvalue weighted by Crippen LogP contribution is 2.15. The van der Waals surface area contributed by atoms with Crippen molar-refractivity contribution in [1.29, 1.82) is 0 Å². The molecule has 0 amide bonds. The highest BCUT2D eigenvalue weighted by atomic mass is 15.1. The van der Waals surface area contributed by atoms with Crippen LogP contribution in [0, 0.1) is 0 Å². The second-order valence-corrected chi connectivity index (χ2v) is 5.12. The van der Waals surface area contributed by atoms with Gasteiger partial charge < -0.3 is 0 Å². The normalized spacial score (nSPS) is 11.4. The SMILES string of the molecule is CCCCN(CC)Cc1ccc(C(C)C)cc1. The first-order valence-corrected chi connectivity index (χ1v) is 6.98. The summed E-state index contributed by atoms with van der Waals surface area (Å²) < 4.78 is 0. The molecule has 0 spiro atoms. The van der Waals surface area contributed by atoms with E-state index in [9.17, 15) is 0 Å². The Morgan fingerprint density at radius 1 is 1.06 bits per heavy atom. The Bertz CT molecular complexity index is 300. The van der Waals surface area contributed by atoms with Crippen molar-refractivity contribution in [2.75, 3.05) is 13.1 Å². The third kappa shape index (κ3) is 4.91. The van der Waals surface area contributed by atoms with Crippen molar-refractivity contribution in [3.05, 3.63) is 35.4 Å². The van der Waals surface area contributed by atoms with E-state index >= 15 is 0 Å². The fraction of sp³-hybridized carbons (Fsp3) is 0.625. The van der Waals surface area contributed by atoms with E-state index in [4.69, 9.17) is 0 Å². The van der Waals surface area contributed by atoms with Gasteiger partial charge in [0.2, 0.25) is 0 Å². The molecule has 0 aliphatic carbocycles. The molecule has 1 aromatic carbocycles. The van der Waals surface area contributed by atoms with E-state index in [0.717, 1.165) is 13.1 Å². The molecule has 1 nitrogen and oxygen atoms in total. The highest BCUT2D eigenvalue weighted by molar-refractivity contribution is 5.24. The molecule has 1 aromatic rings. The molecule has 0 heterocycles. The van der Waals surface area contributed by atoms with Gasteiger partial charge in [0.25, 0.3) is 0 Å². The summed E-state index contributed by atoms with van der Waals surface area (Å²) in [5, 5.41) is 0. The van der Waals surface area contributed by atoms with Crippen LogP contribution in [0.5, 0.6) is 0 Å². The summed E-state index contributed by atoms with van der Waals surface area (Å²) >= 11 is 0. The Hall–Kier alpha value is -0.820. The van der Waals surface area contributed by atoms with Crippen LogP contribution < -0.4 is 0 Å². The Balaban J connectivity index is 2.54. The van der Waals surface area contributed by atoms with Gasteiger partial charge in [-0.15, -0.1) is 0 Å². The average Bonchev–Trinajstić information content (AvgIpc) is 2.35. The van der Waals surface area contributed by atoms with Gasteiger partial charge in [0.05, 0.1) is 0 Å². The van der Waals surface area contributed by atoms with Crippen LogP contribution in [-0.2, 0) is 6.54 Å². The number of unbranched alkanes of at least 4 members (excludes halogenated alkanes) is 1. The van der Waals surface area contributed by atoms with Crippen molar-refractivity contribution in [2.45, 2.75) is 53.0 Å². The predicted octanol–water partition coefficient (Wildman–Crippen LogP) is 4.43. The maximum absolute atomic E-state index is 2.52. The van der Waals surface area contributed by atoms with E-state index in [-0.39, 0.29) is 0 Å². The van der Waals surface area contributed by atoms with E-state index in [0.29, 0.717) is 5.92 Å². The van der Waals surface area contributed by atoms with Crippen LogP contribution in [0.1, 0.15) is 57.6 Å². The van der Waals surface area contributed by atoms with E-state index in [2.05, 4.69) is 56.9 Å².